The number of phenols is 5. The Balaban J connectivity index is 1.24. The van der Waals surface area contributed by atoms with Crippen LogP contribution in [0.2, 0.25) is 0 Å². The lowest BCUT2D eigenvalue weighted by molar-refractivity contribution is -0.282. The van der Waals surface area contributed by atoms with E-state index in [0.717, 1.165) is 12.2 Å². The molecule has 294 valence electrons. The molecule has 4 aromatic rings. The van der Waals surface area contributed by atoms with Gasteiger partial charge in [-0.25, -0.2) is 9.59 Å². The van der Waals surface area contributed by atoms with Crippen LogP contribution in [0.25, 0.3) is 12.2 Å². The summed E-state index contributed by atoms with van der Waals surface area (Å²) >= 11 is 0. The Bertz CT molecular complexity index is 2110. The largest absolute Gasteiger partial charge is 0.508 e. The summed E-state index contributed by atoms with van der Waals surface area (Å²) < 4.78 is 33.9. The molecule has 0 unspecified atom stereocenters. The first kappa shape index (κ1) is 39.2. The molecule has 8 N–H and O–H groups in total. The van der Waals surface area contributed by atoms with E-state index in [-0.39, 0.29) is 52.2 Å². The van der Waals surface area contributed by atoms with Crippen LogP contribution in [-0.4, -0.2) is 103 Å². The number of carbonyl (C=O) groups excluding carboxylic acids is 2. The minimum absolute atomic E-state index is 0.0378. The average molecular weight is 775 g/mol. The van der Waals surface area contributed by atoms with Crippen molar-refractivity contribution in [2.24, 2.45) is 0 Å². The summed E-state index contributed by atoms with van der Waals surface area (Å²) in [6.45, 7) is -0.596. The topological polar surface area (TPSA) is 251 Å². The van der Waals surface area contributed by atoms with Gasteiger partial charge in [-0.05, 0) is 65.2 Å². The maximum Gasteiger partial charge on any atom is 0.331 e. The molecule has 6 rings (SSSR count). The zero-order chi connectivity index (χ0) is 40.1. The second-order valence-corrected chi connectivity index (χ2v) is 12.8. The number of aliphatic hydroxyl groups excluding tert-OH is 3. The number of rotatable bonds is 11. The van der Waals surface area contributed by atoms with Gasteiger partial charge >= 0.3 is 11.9 Å². The lowest BCUT2D eigenvalue weighted by atomic mass is 9.93. The minimum atomic E-state index is -1.88. The number of aromatic hydroxyl groups is 5. The van der Waals surface area contributed by atoms with Crippen LogP contribution in [0.15, 0.2) is 84.9 Å². The average Bonchev–Trinajstić information content (AvgIpc) is 3.17. The zero-order valence-electron chi connectivity index (χ0n) is 29.5. The number of fused-ring (bicyclic) bond motifs is 1. The Labute approximate surface area is 318 Å². The summed E-state index contributed by atoms with van der Waals surface area (Å²) in [7, 11) is 1.35. The molecule has 2 aliphatic rings. The molecule has 16 heteroatoms. The summed E-state index contributed by atoms with van der Waals surface area (Å²) in [5.74, 6) is -3.02. The Morgan fingerprint density at radius 2 is 1.45 bits per heavy atom. The SMILES string of the molecule is COc1cc(C=CC(=O)O[C@H]2[C@H](Oc3cc(O)cc4c3C[C@H](O)[C@@H](c3ccc(O)c(O)c3)O4)O[C@H](COC(=O)C=Cc3ccc(O)cc3)[C@@H](O)[C@@H]2O)ccc1O. The third-order valence-electron chi connectivity index (χ3n) is 8.95. The lowest BCUT2D eigenvalue weighted by Gasteiger charge is -2.41. The number of methoxy groups -OCH3 is 1. The molecule has 4 aromatic carbocycles. The highest BCUT2D eigenvalue weighted by atomic mass is 16.7. The van der Waals surface area contributed by atoms with Crippen molar-refractivity contribution >= 4 is 24.1 Å². The highest BCUT2D eigenvalue weighted by molar-refractivity contribution is 5.88. The van der Waals surface area contributed by atoms with Crippen molar-refractivity contribution in [2.45, 2.75) is 49.3 Å². The number of hydrogen-bond donors (Lipinski definition) is 8. The van der Waals surface area contributed by atoms with Crippen molar-refractivity contribution < 1.29 is 78.9 Å². The van der Waals surface area contributed by atoms with Gasteiger partial charge in [-0.3, -0.25) is 0 Å². The summed E-state index contributed by atoms with van der Waals surface area (Å²) in [6, 6.07) is 16.6. The molecular weight excluding hydrogens is 736 g/mol. The van der Waals surface area contributed by atoms with E-state index in [2.05, 4.69) is 0 Å². The highest BCUT2D eigenvalue weighted by Crippen LogP contribution is 2.44. The Kier molecular flexibility index (Phi) is 11.9. The molecule has 0 bridgehead atoms. The number of benzene rings is 4. The Morgan fingerprint density at radius 1 is 0.750 bits per heavy atom. The van der Waals surface area contributed by atoms with E-state index in [1.165, 1.54) is 79.9 Å². The first-order valence-electron chi connectivity index (χ1n) is 17.1. The van der Waals surface area contributed by atoms with Gasteiger partial charge in [0.1, 0.15) is 54.0 Å². The molecule has 0 amide bonds. The molecule has 56 heavy (non-hydrogen) atoms. The van der Waals surface area contributed by atoms with Crippen molar-refractivity contribution in [2.75, 3.05) is 13.7 Å². The van der Waals surface area contributed by atoms with Gasteiger partial charge in [0.15, 0.2) is 29.1 Å². The molecule has 16 nitrogen and oxygen atoms in total. The number of ether oxygens (including phenoxy) is 6. The first-order valence-corrected chi connectivity index (χ1v) is 17.1. The zero-order valence-corrected chi connectivity index (χ0v) is 29.5. The van der Waals surface area contributed by atoms with Gasteiger partial charge < -0.3 is 69.3 Å². The first-order chi connectivity index (χ1) is 26.8. The van der Waals surface area contributed by atoms with Crippen LogP contribution in [-0.2, 0) is 30.2 Å². The minimum Gasteiger partial charge on any atom is -0.508 e. The van der Waals surface area contributed by atoms with E-state index in [4.69, 9.17) is 28.4 Å². The fourth-order valence-electron chi connectivity index (χ4n) is 6.04. The number of phenolic OH excluding ortho intramolecular Hbond substituents is 5. The molecule has 0 saturated carbocycles. The van der Waals surface area contributed by atoms with Crippen LogP contribution < -0.4 is 14.2 Å². The van der Waals surface area contributed by atoms with Crippen molar-refractivity contribution in [3.8, 4) is 46.0 Å². The predicted molar refractivity (Wildman–Crippen MR) is 194 cm³/mol. The molecular formula is C40H38O16. The summed E-state index contributed by atoms with van der Waals surface area (Å²) in [6.07, 6.45) is -6.06. The highest BCUT2D eigenvalue weighted by Gasteiger charge is 2.49. The van der Waals surface area contributed by atoms with Crippen molar-refractivity contribution in [1.29, 1.82) is 0 Å². The van der Waals surface area contributed by atoms with Crippen molar-refractivity contribution in [1.82, 2.24) is 0 Å². The molecule has 0 aliphatic carbocycles. The van der Waals surface area contributed by atoms with E-state index in [1.807, 2.05) is 0 Å². The van der Waals surface area contributed by atoms with Gasteiger partial charge in [0.25, 0.3) is 0 Å². The lowest BCUT2D eigenvalue weighted by Crippen LogP contribution is -2.61. The van der Waals surface area contributed by atoms with Crippen LogP contribution in [0.4, 0.5) is 0 Å². The number of aliphatic hydroxyl groups is 3. The summed E-state index contributed by atoms with van der Waals surface area (Å²) in [5.41, 5.74) is 1.57. The fraction of sp³-hybridized carbons (Fsp3) is 0.250. The molecule has 2 aliphatic heterocycles. The number of carbonyl (C=O) groups is 2. The standard InChI is InChI=1S/C40H38O16/c1-51-32-14-21(4-10-27(32)44)6-13-35(48)56-39-37(50)36(49)33(19-52-34(47)12-5-20-2-8-23(41)9-3-20)55-40(39)54-31-17-24(42)16-30-25(31)18-29(46)38(53-30)22-7-11-26(43)28(45)15-22/h2-17,29,33,36-46,49-50H,18-19H2,1H3/t29-,33+,36+,37-,38+,39+,40+/m0/s1. The summed E-state index contributed by atoms with van der Waals surface area (Å²) in [4.78, 5) is 25.7. The quantitative estimate of drug-likeness (QED) is 0.0620. The smallest absolute Gasteiger partial charge is 0.331 e. The third-order valence-corrected chi connectivity index (χ3v) is 8.95. The van der Waals surface area contributed by atoms with Gasteiger partial charge in [-0.2, -0.15) is 0 Å². The second-order valence-electron chi connectivity index (χ2n) is 12.8. The maximum atomic E-state index is 13.1. The Hall–Kier alpha value is -6.46. The van der Waals surface area contributed by atoms with Gasteiger partial charge in [0.05, 0.1) is 13.2 Å². The van der Waals surface area contributed by atoms with Gasteiger partial charge in [-0.15, -0.1) is 0 Å². The van der Waals surface area contributed by atoms with Gasteiger partial charge in [0, 0.05) is 36.3 Å². The van der Waals surface area contributed by atoms with Gasteiger partial charge in [-0.1, -0.05) is 24.3 Å². The molecule has 0 spiro atoms. The third kappa shape index (κ3) is 9.07. The monoisotopic (exact) mass is 774 g/mol. The number of esters is 2. The number of hydrogen-bond acceptors (Lipinski definition) is 16. The predicted octanol–water partition coefficient (Wildman–Crippen LogP) is 2.97. The van der Waals surface area contributed by atoms with Crippen LogP contribution in [0, 0.1) is 0 Å². The van der Waals surface area contributed by atoms with Crippen LogP contribution >= 0.6 is 0 Å². The maximum absolute atomic E-state index is 13.1. The van der Waals surface area contributed by atoms with E-state index < -0.39 is 67.2 Å². The van der Waals surface area contributed by atoms with E-state index in [1.54, 1.807) is 12.1 Å². The summed E-state index contributed by atoms with van der Waals surface area (Å²) in [5, 5.41) is 83.2. The van der Waals surface area contributed by atoms with Crippen molar-refractivity contribution in [3.05, 3.63) is 107 Å². The normalized spacial score (nSPS) is 23.2. The molecule has 7 atom stereocenters. The van der Waals surface area contributed by atoms with Crippen LogP contribution in [0.5, 0.6) is 46.0 Å². The molecule has 0 aromatic heterocycles. The van der Waals surface area contributed by atoms with Crippen molar-refractivity contribution in [3.63, 3.8) is 0 Å². The van der Waals surface area contributed by atoms with Gasteiger partial charge in [0.2, 0.25) is 6.29 Å². The molecule has 1 fully saturated rings. The van der Waals surface area contributed by atoms with Crippen LogP contribution in [0.3, 0.4) is 0 Å². The van der Waals surface area contributed by atoms with E-state index in [9.17, 15) is 50.4 Å². The van der Waals surface area contributed by atoms with Crippen LogP contribution in [0.1, 0.15) is 28.4 Å². The Morgan fingerprint density at radius 3 is 2.18 bits per heavy atom. The fourth-order valence-corrected chi connectivity index (χ4v) is 6.04. The molecule has 2 heterocycles. The van der Waals surface area contributed by atoms with E-state index >= 15 is 0 Å². The molecule has 1 saturated heterocycles. The van der Waals surface area contributed by atoms with E-state index in [0.29, 0.717) is 16.7 Å². The second kappa shape index (κ2) is 16.9. The molecule has 0 radical (unpaired) electrons.